The molecule has 36 heavy (non-hydrogen) atoms. The van der Waals surface area contributed by atoms with Crippen molar-refractivity contribution >= 4 is 34.7 Å². The summed E-state index contributed by atoms with van der Waals surface area (Å²) in [6.45, 7) is 7.63. The van der Waals surface area contributed by atoms with Crippen molar-refractivity contribution in [1.29, 1.82) is 0 Å². The number of nitrogens with zero attached hydrogens (tertiary/aromatic N) is 1. The number of carbonyl (C=O) groups excluding carboxylic acids is 2. The second kappa shape index (κ2) is 10.1. The zero-order chi connectivity index (χ0) is 26.1. The fourth-order valence-electron chi connectivity index (χ4n) is 4.43. The van der Waals surface area contributed by atoms with Crippen LogP contribution in [0.1, 0.15) is 42.1 Å². The van der Waals surface area contributed by atoms with Crippen LogP contribution in [0, 0.1) is 13.8 Å². The van der Waals surface area contributed by atoms with Crippen LogP contribution in [0.15, 0.2) is 66.2 Å². The highest BCUT2D eigenvalue weighted by molar-refractivity contribution is 6.52. The molecule has 7 heteroatoms. The lowest BCUT2D eigenvalue weighted by molar-refractivity contribution is -0.132. The predicted molar refractivity (Wildman–Crippen MR) is 141 cm³/mol. The molecule has 186 valence electrons. The van der Waals surface area contributed by atoms with Crippen molar-refractivity contribution in [1.82, 2.24) is 0 Å². The molecule has 0 saturated carbocycles. The van der Waals surface area contributed by atoms with Crippen LogP contribution in [0.5, 0.6) is 11.5 Å². The number of halogens is 1. The van der Waals surface area contributed by atoms with E-state index in [2.05, 4.69) is 0 Å². The van der Waals surface area contributed by atoms with Crippen LogP contribution in [0.4, 0.5) is 5.69 Å². The monoisotopic (exact) mass is 505 g/mol. The third-order valence-corrected chi connectivity index (χ3v) is 6.45. The molecule has 0 bridgehead atoms. The molecular formula is C29H28ClNO5. The summed E-state index contributed by atoms with van der Waals surface area (Å²) in [5.74, 6) is -0.632. The molecule has 3 aromatic rings. The summed E-state index contributed by atoms with van der Waals surface area (Å²) >= 11 is 6.36. The van der Waals surface area contributed by atoms with Crippen LogP contribution in [0.3, 0.4) is 0 Å². The van der Waals surface area contributed by atoms with Gasteiger partial charge < -0.3 is 14.6 Å². The first-order chi connectivity index (χ1) is 17.1. The minimum Gasteiger partial charge on any atom is -0.507 e. The minimum atomic E-state index is -0.845. The number of benzene rings is 3. The molecule has 1 unspecified atom stereocenters. The van der Waals surface area contributed by atoms with E-state index in [1.54, 1.807) is 36.4 Å². The van der Waals surface area contributed by atoms with Gasteiger partial charge in [0.2, 0.25) is 0 Å². The van der Waals surface area contributed by atoms with Crippen molar-refractivity contribution in [3.05, 3.63) is 93.5 Å². The Balaban J connectivity index is 1.91. The molecule has 1 amide bonds. The van der Waals surface area contributed by atoms with Crippen molar-refractivity contribution in [2.45, 2.75) is 39.8 Å². The van der Waals surface area contributed by atoms with Gasteiger partial charge in [0.25, 0.3) is 11.7 Å². The van der Waals surface area contributed by atoms with Crippen molar-refractivity contribution in [2.75, 3.05) is 12.0 Å². The molecule has 1 aliphatic heterocycles. The molecule has 1 N–H and O–H groups in total. The van der Waals surface area contributed by atoms with Gasteiger partial charge in [-0.1, -0.05) is 35.9 Å². The van der Waals surface area contributed by atoms with Crippen molar-refractivity contribution < 1.29 is 24.2 Å². The van der Waals surface area contributed by atoms with Crippen molar-refractivity contribution in [3.8, 4) is 11.5 Å². The number of ketones is 1. The lowest BCUT2D eigenvalue weighted by Gasteiger charge is -2.27. The van der Waals surface area contributed by atoms with Crippen LogP contribution < -0.4 is 14.4 Å². The van der Waals surface area contributed by atoms with Crippen LogP contribution in [0.2, 0.25) is 5.02 Å². The summed E-state index contributed by atoms with van der Waals surface area (Å²) in [5, 5.41) is 11.7. The Labute approximate surface area is 215 Å². The molecule has 3 aromatic carbocycles. The Morgan fingerprint density at radius 1 is 0.972 bits per heavy atom. The number of hydrogen-bond acceptors (Lipinski definition) is 5. The quantitative estimate of drug-likeness (QED) is 0.239. The molecule has 1 fully saturated rings. The van der Waals surface area contributed by atoms with E-state index >= 15 is 0 Å². The molecule has 4 rings (SSSR count). The lowest BCUT2D eigenvalue weighted by atomic mass is 9.92. The van der Waals surface area contributed by atoms with Gasteiger partial charge in [-0.05, 0) is 80.8 Å². The standard InChI is InChI=1S/C29H28ClNO5/c1-16(2)36-23-12-10-19(14-18(23)4)27(32)25-26(21-9-7-6-8-17(21)3)31(29(34)28(25)33)20-11-13-24(35-5)22(30)15-20/h6-16,26,32H,1-5H3/b27-25+. The number of ether oxygens (including phenoxy) is 2. The van der Waals surface area contributed by atoms with Gasteiger partial charge in [0.1, 0.15) is 17.3 Å². The number of aryl methyl sites for hydroxylation is 2. The molecular weight excluding hydrogens is 478 g/mol. The fraction of sp³-hybridized carbons (Fsp3) is 0.241. The molecule has 1 saturated heterocycles. The second-order valence-electron chi connectivity index (χ2n) is 8.99. The number of rotatable bonds is 6. The number of hydrogen-bond donors (Lipinski definition) is 1. The van der Waals surface area contributed by atoms with E-state index in [0.717, 1.165) is 16.7 Å². The number of amides is 1. The smallest absolute Gasteiger partial charge is 0.300 e. The zero-order valence-corrected chi connectivity index (χ0v) is 21.6. The number of Topliss-reactive ketones (excluding diaryl/α,β-unsaturated/α-hetero) is 1. The first kappa shape index (κ1) is 25.3. The summed E-state index contributed by atoms with van der Waals surface area (Å²) in [4.78, 5) is 28.2. The molecule has 1 heterocycles. The summed E-state index contributed by atoms with van der Waals surface area (Å²) in [5.41, 5.74) is 3.26. The maximum atomic E-state index is 13.4. The van der Waals surface area contributed by atoms with Gasteiger partial charge in [-0.2, -0.15) is 0 Å². The Hall–Kier alpha value is -3.77. The highest BCUT2D eigenvalue weighted by Gasteiger charge is 2.47. The van der Waals surface area contributed by atoms with E-state index in [-0.39, 0.29) is 17.4 Å². The summed E-state index contributed by atoms with van der Waals surface area (Å²) in [7, 11) is 1.50. The maximum absolute atomic E-state index is 13.4. The van der Waals surface area contributed by atoms with Crippen LogP contribution >= 0.6 is 11.6 Å². The van der Waals surface area contributed by atoms with Gasteiger partial charge in [0.05, 0.1) is 29.9 Å². The van der Waals surface area contributed by atoms with E-state index in [0.29, 0.717) is 27.8 Å². The van der Waals surface area contributed by atoms with E-state index < -0.39 is 17.7 Å². The van der Waals surface area contributed by atoms with E-state index in [9.17, 15) is 14.7 Å². The van der Waals surface area contributed by atoms with Crippen molar-refractivity contribution in [3.63, 3.8) is 0 Å². The summed E-state index contributed by atoms with van der Waals surface area (Å²) < 4.78 is 11.0. The van der Waals surface area contributed by atoms with Gasteiger partial charge in [-0.3, -0.25) is 14.5 Å². The average molecular weight is 506 g/mol. The van der Waals surface area contributed by atoms with Gasteiger partial charge in [0.15, 0.2) is 0 Å². The largest absolute Gasteiger partial charge is 0.507 e. The molecule has 1 aliphatic rings. The Morgan fingerprint density at radius 3 is 2.28 bits per heavy atom. The van der Waals surface area contributed by atoms with Gasteiger partial charge in [-0.25, -0.2) is 0 Å². The number of carbonyl (C=O) groups is 2. The molecule has 6 nitrogen and oxygen atoms in total. The lowest BCUT2D eigenvalue weighted by Crippen LogP contribution is -2.29. The first-order valence-electron chi connectivity index (χ1n) is 11.6. The van der Waals surface area contributed by atoms with Crippen LogP contribution in [0.25, 0.3) is 5.76 Å². The van der Waals surface area contributed by atoms with Gasteiger partial charge >= 0.3 is 0 Å². The van der Waals surface area contributed by atoms with Gasteiger partial charge in [0, 0.05) is 11.3 Å². The maximum Gasteiger partial charge on any atom is 0.300 e. The zero-order valence-electron chi connectivity index (χ0n) is 20.8. The molecule has 0 spiro atoms. The first-order valence-corrected chi connectivity index (χ1v) is 12.0. The Morgan fingerprint density at radius 2 is 1.67 bits per heavy atom. The van der Waals surface area contributed by atoms with Gasteiger partial charge in [-0.15, -0.1) is 0 Å². The molecule has 1 atom stereocenters. The van der Waals surface area contributed by atoms with Crippen LogP contribution in [-0.4, -0.2) is 30.0 Å². The average Bonchev–Trinajstić information content (AvgIpc) is 3.10. The SMILES string of the molecule is COc1ccc(N2C(=O)C(=O)/C(=C(/O)c3ccc(OC(C)C)c(C)c3)C2c2ccccc2C)cc1Cl. The Kier molecular flexibility index (Phi) is 7.09. The fourth-order valence-corrected chi connectivity index (χ4v) is 4.68. The number of aliphatic hydroxyl groups is 1. The highest BCUT2D eigenvalue weighted by Crippen LogP contribution is 2.44. The van der Waals surface area contributed by atoms with E-state index in [1.165, 1.54) is 12.0 Å². The Bertz CT molecular complexity index is 1380. The van der Waals surface area contributed by atoms with E-state index in [1.807, 2.05) is 52.0 Å². The third-order valence-electron chi connectivity index (χ3n) is 6.15. The third kappa shape index (κ3) is 4.56. The predicted octanol–water partition coefficient (Wildman–Crippen LogP) is 6.38. The number of anilines is 1. The normalized spacial score (nSPS) is 17.1. The second-order valence-corrected chi connectivity index (χ2v) is 9.40. The highest BCUT2D eigenvalue weighted by atomic mass is 35.5. The minimum absolute atomic E-state index is 0.00847. The topological polar surface area (TPSA) is 76.1 Å². The molecule has 0 aromatic heterocycles. The van der Waals surface area contributed by atoms with Crippen molar-refractivity contribution in [2.24, 2.45) is 0 Å². The van der Waals surface area contributed by atoms with Crippen LogP contribution in [-0.2, 0) is 9.59 Å². The number of aliphatic hydroxyl groups excluding tert-OH is 1. The van der Waals surface area contributed by atoms with E-state index in [4.69, 9.17) is 21.1 Å². The molecule has 0 radical (unpaired) electrons. The molecule has 0 aliphatic carbocycles. The number of methoxy groups -OCH3 is 1. The summed E-state index contributed by atoms with van der Waals surface area (Å²) in [6.07, 6.45) is -0.00847. The summed E-state index contributed by atoms with van der Waals surface area (Å²) in [6, 6.07) is 16.7.